The van der Waals surface area contributed by atoms with Gasteiger partial charge in [-0.05, 0) is 55.8 Å². The number of aromatic nitrogens is 1. The summed E-state index contributed by atoms with van der Waals surface area (Å²) in [6.45, 7) is 1.82. The maximum atomic E-state index is 12.8. The van der Waals surface area contributed by atoms with Crippen molar-refractivity contribution in [1.29, 1.82) is 0 Å². The number of non-ortho nitro benzene ring substituents is 1. The van der Waals surface area contributed by atoms with Crippen LogP contribution in [0.2, 0.25) is 0 Å². The lowest BCUT2D eigenvalue weighted by atomic mass is 9.48. The molecular weight excluding hydrogens is 460 g/mol. The number of hydrogen-bond acceptors (Lipinski definition) is 8. The molecule has 184 valence electrons. The molecule has 3 aromatic rings. The second-order valence-corrected chi connectivity index (χ2v) is 11.3. The summed E-state index contributed by atoms with van der Waals surface area (Å²) in [5.74, 6) is 1.20. The third-order valence-corrected chi connectivity index (χ3v) is 9.56. The van der Waals surface area contributed by atoms with Crippen LogP contribution in [0.4, 0.5) is 11.4 Å². The molecule has 3 heterocycles. The first-order valence-corrected chi connectivity index (χ1v) is 12.7. The van der Waals surface area contributed by atoms with E-state index in [1.54, 1.807) is 12.1 Å². The van der Waals surface area contributed by atoms with E-state index in [2.05, 4.69) is 4.90 Å². The largest absolute Gasteiger partial charge is 0.504 e. The van der Waals surface area contributed by atoms with Crippen LogP contribution >= 0.6 is 0 Å². The Kier molecular flexibility index (Phi) is 3.72. The van der Waals surface area contributed by atoms with E-state index in [1.165, 1.54) is 25.0 Å². The molecule has 2 aliphatic heterocycles. The summed E-state index contributed by atoms with van der Waals surface area (Å²) < 4.78 is 6.54. The molecule has 1 saturated heterocycles. The molecule has 4 atom stereocenters. The Balaban J connectivity index is 1.40. The first kappa shape index (κ1) is 20.7. The van der Waals surface area contributed by atoms with Gasteiger partial charge in [-0.25, -0.2) is 4.98 Å². The van der Waals surface area contributed by atoms with Crippen LogP contribution in [0.1, 0.15) is 47.8 Å². The molecule has 1 spiro atoms. The molecule has 5 aliphatic rings. The van der Waals surface area contributed by atoms with Gasteiger partial charge in [0.15, 0.2) is 17.6 Å². The number of rotatable bonds is 3. The summed E-state index contributed by atoms with van der Waals surface area (Å²) in [4.78, 5) is 18.4. The lowest BCUT2D eigenvalue weighted by molar-refractivity contribution is -0.384. The van der Waals surface area contributed by atoms with Crippen molar-refractivity contribution in [2.75, 3.05) is 18.8 Å². The summed E-state index contributed by atoms with van der Waals surface area (Å²) in [5.41, 5.74) is 9.10. The maximum absolute atomic E-state index is 12.8. The number of ether oxygens (including phenoxy) is 1. The normalized spacial score (nSPS) is 31.6. The smallest absolute Gasteiger partial charge is 0.270 e. The molecule has 2 fully saturated rings. The first-order valence-electron chi connectivity index (χ1n) is 12.7. The SMILES string of the molecule is Nc1c2c(nc3ccc([N+](=O)[O-])cc13)C1Oc3c(O)ccc4c3[C@@]13CCN(CC1CC1)[C@@H](C4)C3(O)C2. The van der Waals surface area contributed by atoms with Gasteiger partial charge in [0, 0.05) is 53.3 Å². The van der Waals surface area contributed by atoms with Crippen LogP contribution in [0, 0.1) is 16.0 Å². The summed E-state index contributed by atoms with van der Waals surface area (Å²) >= 11 is 0. The van der Waals surface area contributed by atoms with E-state index < -0.39 is 22.0 Å². The number of benzene rings is 2. The predicted octanol–water partition coefficient (Wildman–Crippen LogP) is 3.13. The minimum absolute atomic E-state index is 0.0498. The Labute approximate surface area is 206 Å². The summed E-state index contributed by atoms with van der Waals surface area (Å²) in [6.07, 6.45) is 3.53. The topological polar surface area (TPSA) is 135 Å². The Morgan fingerprint density at radius 2 is 2.11 bits per heavy atom. The van der Waals surface area contributed by atoms with E-state index in [9.17, 15) is 20.3 Å². The van der Waals surface area contributed by atoms with Crippen molar-refractivity contribution in [3.63, 3.8) is 0 Å². The zero-order valence-electron chi connectivity index (χ0n) is 19.6. The quantitative estimate of drug-likeness (QED) is 0.380. The molecule has 2 unspecified atom stereocenters. The van der Waals surface area contributed by atoms with Crippen LogP contribution in [-0.2, 0) is 18.3 Å². The molecule has 0 radical (unpaired) electrons. The van der Waals surface area contributed by atoms with Gasteiger partial charge in [-0.1, -0.05) is 6.07 Å². The van der Waals surface area contributed by atoms with Crippen molar-refractivity contribution in [1.82, 2.24) is 9.88 Å². The number of nitrogen functional groups attached to an aromatic ring is 1. The number of hydrogen-bond donors (Lipinski definition) is 3. The highest BCUT2D eigenvalue weighted by Crippen LogP contribution is 2.69. The monoisotopic (exact) mass is 486 g/mol. The zero-order chi connectivity index (χ0) is 24.6. The molecule has 2 aromatic carbocycles. The minimum atomic E-state index is -1.17. The van der Waals surface area contributed by atoms with Crippen molar-refractivity contribution >= 4 is 22.3 Å². The zero-order valence-corrected chi connectivity index (χ0v) is 19.6. The molecular formula is C27H26N4O5. The number of nitro benzene ring substituents is 1. The third kappa shape index (κ3) is 2.31. The van der Waals surface area contributed by atoms with Gasteiger partial charge in [-0.3, -0.25) is 15.0 Å². The highest BCUT2D eigenvalue weighted by Gasteiger charge is 2.73. The fourth-order valence-electron chi connectivity index (χ4n) is 7.77. The number of pyridine rings is 1. The van der Waals surface area contributed by atoms with Crippen LogP contribution < -0.4 is 10.5 Å². The second-order valence-electron chi connectivity index (χ2n) is 11.3. The van der Waals surface area contributed by atoms with E-state index in [4.69, 9.17) is 15.5 Å². The van der Waals surface area contributed by atoms with Gasteiger partial charge >= 0.3 is 0 Å². The van der Waals surface area contributed by atoms with Gasteiger partial charge in [-0.15, -0.1) is 0 Å². The van der Waals surface area contributed by atoms with Crippen molar-refractivity contribution in [2.24, 2.45) is 5.92 Å². The summed E-state index contributed by atoms with van der Waals surface area (Å²) in [5, 5.41) is 35.5. The lowest BCUT2D eigenvalue weighted by Gasteiger charge is -2.63. The summed E-state index contributed by atoms with van der Waals surface area (Å²) in [6, 6.07) is 8.06. The van der Waals surface area contributed by atoms with Crippen molar-refractivity contribution in [3.8, 4) is 11.5 Å². The van der Waals surface area contributed by atoms with E-state index in [0.29, 0.717) is 58.8 Å². The Morgan fingerprint density at radius 3 is 2.89 bits per heavy atom. The third-order valence-electron chi connectivity index (χ3n) is 9.56. The van der Waals surface area contributed by atoms with E-state index >= 15 is 0 Å². The van der Waals surface area contributed by atoms with Crippen LogP contribution in [0.5, 0.6) is 11.5 Å². The molecule has 2 bridgehead atoms. The van der Waals surface area contributed by atoms with Crippen LogP contribution in [0.3, 0.4) is 0 Å². The standard InChI is InChI=1S/C27H26N4O5/c28-22-16-10-15(31(34)35)4-5-18(16)29-23-17(22)11-27(33)20-9-14-3-6-19(32)24-21(14)26(27,25(23)36-24)7-8-30(20)12-13-1-2-13/h3-6,10,13,20,25,32-33H,1-2,7-9,11-12H2,(H2,28,29)/t20-,25?,26-,27?/m0/s1. The number of fused-ring (bicyclic) bond motifs is 3. The van der Waals surface area contributed by atoms with Gasteiger partial charge in [0.05, 0.1) is 27.1 Å². The molecule has 36 heavy (non-hydrogen) atoms. The first-order chi connectivity index (χ1) is 17.3. The number of nitrogens with two attached hydrogens (primary N) is 1. The van der Waals surface area contributed by atoms with Crippen molar-refractivity contribution in [2.45, 2.75) is 55.3 Å². The predicted molar refractivity (Wildman–Crippen MR) is 131 cm³/mol. The Morgan fingerprint density at radius 1 is 1.28 bits per heavy atom. The van der Waals surface area contributed by atoms with Crippen LogP contribution in [0.15, 0.2) is 30.3 Å². The van der Waals surface area contributed by atoms with Gasteiger partial charge in [0.1, 0.15) is 0 Å². The van der Waals surface area contributed by atoms with E-state index in [-0.39, 0.29) is 17.5 Å². The van der Waals surface area contributed by atoms with Crippen molar-refractivity contribution < 1.29 is 19.9 Å². The molecule has 1 saturated carbocycles. The average molecular weight is 487 g/mol. The fraction of sp³-hybridized carbons (Fsp3) is 0.444. The highest BCUT2D eigenvalue weighted by molar-refractivity contribution is 5.94. The molecule has 8 rings (SSSR count). The number of piperidine rings is 1. The van der Waals surface area contributed by atoms with Gasteiger partial charge in [0.2, 0.25) is 0 Å². The molecule has 9 nitrogen and oxygen atoms in total. The average Bonchev–Trinajstić information content (AvgIpc) is 3.59. The fourth-order valence-corrected chi connectivity index (χ4v) is 7.77. The number of anilines is 1. The van der Waals surface area contributed by atoms with E-state index in [1.807, 2.05) is 6.07 Å². The van der Waals surface area contributed by atoms with Crippen molar-refractivity contribution in [3.05, 3.63) is 62.8 Å². The van der Waals surface area contributed by atoms with Gasteiger partial charge in [0.25, 0.3) is 5.69 Å². The minimum Gasteiger partial charge on any atom is -0.504 e. The van der Waals surface area contributed by atoms with Gasteiger partial charge < -0.3 is 20.7 Å². The highest BCUT2D eigenvalue weighted by atomic mass is 16.6. The molecule has 4 N–H and O–H groups in total. The maximum Gasteiger partial charge on any atom is 0.270 e. The number of aliphatic hydroxyl groups is 1. The lowest BCUT2D eigenvalue weighted by Crippen LogP contribution is -2.74. The number of likely N-dealkylation sites (tertiary alicyclic amines) is 1. The number of nitrogens with zero attached hydrogens (tertiary/aromatic N) is 3. The molecule has 3 aliphatic carbocycles. The van der Waals surface area contributed by atoms with Crippen LogP contribution in [0.25, 0.3) is 10.9 Å². The number of aromatic hydroxyl groups is 1. The van der Waals surface area contributed by atoms with Gasteiger partial charge in [-0.2, -0.15) is 0 Å². The molecule has 1 aromatic heterocycles. The van der Waals surface area contributed by atoms with E-state index in [0.717, 1.165) is 24.2 Å². The molecule has 9 heteroatoms. The number of phenolic OH excluding ortho intramolecular Hbond substituents is 1. The Bertz CT molecular complexity index is 1520. The van der Waals surface area contributed by atoms with Crippen LogP contribution in [-0.4, -0.2) is 49.8 Å². The Hall–Kier alpha value is -3.43. The summed E-state index contributed by atoms with van der Waals surface area (Å²) in [7, 11) is 0. The number of nitro groups is 1. The molecule has 0 amide bonds. The number of phenols is 1. The second kappa shape index (κ2) is 6.46.